The quantitative estimate of drug-likeness (QED) is 0.902. The number of hydrogen-bond donors (Lipinski definition) is 1. The second-order valence-electron chi connectivity index (χ2n) is 6.44. The maximum absolute atomic E-state index is 12.6. The third-order valence-corrected chi connectivity index (χ3v) is 4.77. The van der Waals surface area contributed by atoms with Crippen LogP contribution in [0.5, 0.6) is 0 Å². The van der Waals surface area contributed by atoms with Gasteiger partial charge in [0.25, 0.3) is 0 Å². The third-order valence-electron chi connectivity index (χ3n) is 4.77. The number of carbonyl (C=O) groups excluding carboxylic acids is 2. The summed E-state index contributed by atoms with van der Waals surface area (Å²) in [5.74, 6) is 0.875. The average molecular weight is 320 g/mol. The molecule has 2 aliphatic heterocycles. The van der Waals surface area contributed by atoms with E-state index in [0.717, 1.165) is 43.7 Å². The van der Waals surface area contributed by atoms with Gasteiger partial charge in [0.1, 0.15) is 11.5 Å². The van der Waals surface area contributed by atoms with Crippen LogP contribution in [-0.2, 0) is 4.79 Å². The highest BCUT2D eigenvalue weighted by Crippen LogP contribution is 2.31. The number of hydrogen-bond acceptors (Lipinski definition) is 4. The van der Waals surface area contributed by atoms with Crippen LogP contribution in [0.3, 0.4) is 0 Å². The fourth-order valence-electron chi connectivity index (χ4n) is 3.46. The highest BCUT2D eigenvalue weighted by molar-refractivity contribution is 5.76. The summed E-state index contributed by atoms with van der Waals surface area (Å²) in [6.45, 7) is 5.62. The predicted molar refractivity (Wildman–Crippen MR) is 83.7 cm³/mol. The maximum atomic E-state index is 12.6. The number of piperidine rings is 1. The van der Waals surface area contributed by atoms with E-state index >= 15 is 0 Å². The minimum Gasteiger partial charge on any atom is -0.361 e. The normalized spacial score (nSPS) is 22.4. The number of aromatic nitrogens is 1. The predicted octanol–water partition coefficient (Wildman–Crippen LogP) is 1.84. The average Bonchev–Trinajstić information content (AvgIpc) is 3.16. The van der Waals surface area contributed by atoms with Crippen molar-refractivity contribution in [1.29, 1.82) is 0 Å². The van der Waals surface area contributed by atoms with Gasteiger partial charge in [-0.15, -0.1) is 0 Å². The summed E-state index contributed by atoms with van der Waals surface area (Å²) in [7, 11) is 0. The van der Waals surface area contributed by atoms with Crippen LogP contribution in [0.1, 0.15) is 50.1 Å². The first-order valence-electron chi connectivity index (χ1n) is 8.30. The van der Waals surface area contributed by atoms with Gasteiger partial charge in [0.05, 0.1) is 6.04 Å². The molecule has 126 valence electrons. The lowest BCUT2D eigenvalue weighted by Crippen LogP contribution is -2.49. The van der Waals surface area contributed by atoms with E-state index in [1.54, 1.807) is 6.92 Å². The van der Waals surface area contributed by atoms with Gasteiger partial charge < -0.3 is 19.6 Å². The molecule has 0 aromatic carbocycles. The van der Waals surface area contributed by atoms with Gasteiger partial charge >= 0.3 is 6.03 Å². The molecule has 0 radical (unpaired) electrons. The van der Waals surface area contributed by atoms with Gasteiger partial charge in [-0.1, -0.05) is 5.16 Å². The Morgan fingerprint density at radius 3 is 2.61 bits per heavy atom. The molecule has 1 aromatic rings. The van der Waals surface area contributed by atoms with Crippen LogP contribution in [0.15, 0.2) is 10.6 Å². The molecular weight excluding hydrogens is 296 g/mol. The first-order valence-corrected chi connectivity index (χ1v) is 8.30. The van der Waals surface area contributed by atoms with E-state index in [4.69, 9.17) is 4.52 Å². The number of nitrogens with one attached hydrogen (secondary N) is 1. The Labute approximate surface area is 136 Å². The lowest BCUT2D eigenvalue weighted by molar-refractivity contribution is -0.129. The summed E-state index contributed by atoms with van der Waals surface area (Å²) in [6.07, 6.45) is 3.52. The van der Waals surface area contributed by atoms with Crippen molar-refractivity contribution < 1.29 is 14.1 Å². The largest absolute Gasteiger partial charge is 0.361 e. The summed E-state index contributed by atoms with van der Waals surface area (Å²) in [4.78, 5) is 27.6. The second-order valence-corrected chi connectivity index (χ2v) is 6.44. The van der Waals surface area contributed by atoms with Gasteiger partial charge in [0, 0.05) is 38.7 Å². The Bertz CT molecular complexity index is 578. The Morgan fingerprint density at radius 1 is 1.26 bits per heavy atom. The zero-order valence-electron chi connectivity index (χ0n) is 13.7. The van der Waals surface area contributed by atoms with Crippen LogP contribution in [0.2, 0.25) is 0 Å². The SMILES string of the molecule is CC(=O)N1CCC(NC(=O)N2CCCC2c2cc(C)on2)CC1. The van der Waals surface area contributed by atoms with Gasteiger partial charge in [-0.2, -0.15) is 0 Å². The summed E-state index contributed by atoms with van der Waals surface area (Å²) in [5.41, 5.74) is 0.835. The standard InChI is InChI=1S/C16H24N4O3/c1-11-10-14(18-23-11)15-4-3-7-20(15)16(22)17-13-5-8-19(9-6-13)12(2)21/h10,13,15H,3-9H2,1-2H3,(H,17,22). The Hall–Kier alpha value is -2.05. The zero-order valence-corrected chi connectivity index (χ0v) is 13.7. The van der Waals surface area contributed by atoms with E-state index in [-0.39, 0.29) is 24.0 Å². The number of urea groups is 1. The Kier molecular flexibility index (Phi) is 4.54. The lowest BCUT2D eigenvalue weighted by Gasteiger charge is -2.33. The molecule has 1 N–H and O–H groups in total. The minimum atomic E-state index is -0.0329. The summed E-state index contributed by atoms with van der Waals surface area (Å²) < 4.78 is 5.14. The van der Waals surface area contributed by atoms with Gasteiger partial charge in [-0.3, -0.25) is 4.79 Å². The van der Waals surface area contributed by atoms with Crippen LogP contribution >= 0.6 is 0 Å². The number of carbonyl (C=O) groups is 2. The van der Waals surface area contributed by atoms with Crippen LogP contribution in [0.25, 0.3) is 0 Å². The van der Waals surface area contributed by atoms with Crippen LogP contribution in [0.4, 0.5) is 4.79 Å². The highest BCUT2D eigenvalue weighted by Gasteiger charge is 2.33. The summed E-state index contributed by atoms with van der Waals surface area (Å²) in [5, 5.41) is 7.18. The third kappa shape index (κ3) is 3.48. The molecule has 2 fully saturated rings. The molecule has 0 bridgehead atoms. The van der Waals surface area contributed by atoms with E-state index in [1.807, 2.05) is 22.8 Å². The molecule has 7 nitrogen and oxygen atoms in total. The molecular formula is C16H24N4O3. The van der Waals surface area contributed by atoms with Crippen molar-refractivity contribution in [2.24, 2.45) is 0 Å². The molecule has 7 heteroatoms. The smallest absolute Gasteiger partial charge is 0.318 e. The molecule has 3 amide bonds. The monoisotopic (exact) mass is 320 g/mol. The number of rotatable bonds is 2. The van der Waals surface area contributed by atoms with Crippen LogP contribution in [-0.4, -0.2) is 52.6 Å². The van der Waals surface area contributed by atoms with Gasteiger partial charge in [0.2, 0.25) is 5.91 Å². The molecule has 0 saturated carbocycles. The molecule has 3 heterocycles. The summed E-state index contributed by atoms with van der Waals surface area (Å²) >= 11 is 0. The van der Waals surface area contributed by atoms with Crippen molar-refractivity contribution in [3.63, 3.8) is 0 Å². The molecule has 1 atom stereocenters. The van der Waals surface area contributed by atoms with Crippen molar-refractivity contribution >= 4 is 11.9 Å². The van der Waals surface area contributed by atoms with E-state index in [9.17, 15) is 9.59 Å². The Balaban J connectivity index is 1.56. The maximum Gasteiger partial charge on any atom is 0.318 e. The van der Waals surface area contributed by atoms with Gasteiger partial charge in [-0.25, -0.2) is 4.79 Å². The number of likely N-dealkylation sites (tertiary alicyclic amines) is 2. The molecule has 2 aliphatic rings. The Morgan fingerprint density at radius 2 is 2.00 bits per heavy atom. The molecule has 0 aliphatic carbocycles. The molecule has 3 rings (SSSR count). The topological polar surface area (TPSA) is 78.7 Å². The second kappa shape index (κ2) is 6.60. The van der Waals surface area contributed by atoms with E-state index in [0.29, 0.717) is 13.1 Å². The van der Waals surface area contributed by atoms with E-state index in [1.165, 1.54) is 0 Å². The van der Waals surface area contributed by atoms with Crippen molar-refractivity contribution in [1.82, 2.24) is 20.3 Å². The van der Waals surface area contributed by atoms with Crippen molar-refractivity contribution in [3.05, 3.63) is 17.5 Å². The zero-order chi connectivity index (χ0) is 16.4. The fraction of sp³-hybridized carbons (Fsp3) is 0.688. The number of amides is 3. The molecule has 1 aromatic heterocycles. The van der Waals surface area contributed by atoms with Gasteiger partial charge in [-0.05, 0) is 32.6 Å². The van der Waals surface area contributed by atoms with E-state index < -0.39 is 0 Å². The fourth-order valence-corrected chi connectivity index (χ4v) is 3.46. The van der Waals surface area contributed by atoms with Crippen molar-refractivity contribution in [2.75, 3.05) is 19.6 Å². The summed E-state index contributed by atoms with van der Waals surface area (Å²) in [6, 6.07) is 2.01. The molecule has 1 unspecified atom stereocenters. The van der Waals surface area contributed by atoms with E-state index in [2.05, 4.69) is 10.5 Å². The molecule has 23 heavy (non-hydrogen) atoms. The molecule has 2 saturated heterocycles. The first-order chi connectivity index (χ1) is 11.0. The van der Waals surface area contributed by atoms with Crippen LogP contribution in [0, 0.1) is 6.92 Å². The first kappa shape index (κ1) is 15.8. The number of aryl methyl sites for hydroxylation is 1. The lowest BCUT2D eigenvalue weighted by atomic mass is 10.1. The van der Waals surface area contributed by atoms with Crippen molar-refractivity contribution in [3.8, 4) is 0 Å². The highest BCUT2D eigenvalue weighted by atomic mass is 16.5. The van der Waals surface area contributed by atoms with Crippen LogP contribution < -0.4 is 5.32 Å². The number of nitrogens with zero attached hydrogens (tertiary/aromatic N) is 3. The minimum absolute atomic E-state index is 0.00441. The van der Waals surface area contributed by atoms with Gasteiger partial charge in [0.15, 0.2) is 0 Å². The van der Waals surface area contributed by atoms with Crippen molar-refractivity contribution in [2.45, 2.75) is 51.6 Å². The molecule has 0 spiro atoms.